The fourth-order valence-corrected chi connectivity index (χ4v) is 2.62. The van der Waals surface area contributed by atoms with E-state index < -0.39 is 0 Å². The first kappa shape index (κ1) is 12.6. The van der Waals surface area contributed by atoms with Crippen molar-refractivity contribution < 1.29 is 5.11 Å². The molecule has 96 valence electrons. The first-order valence-electron chi connectivity index (χ1n) is 6.58. The highest BCUT2D eigenvalue weighted by Crippen LogP contribution is 2.20. The molecule has 0 aliphatic carbocycles. The second-order valence-corrected chi connectivity index (χ2v) is 5.02. The zero-order chi connectivity index (χ0) is 12.3. The van der Waals surface area contributed by atoms with Gasteiger partial charge in [-0.1, -0.05) is 6.92 Å². The summed E-state index contributed by atoms with van der Waals surface area (Å²) in [5.41, 5.74) is 1.28. The first-order chi connectivity index (χ1) is 8.20. The summed E-state index contributed by atoms with van der Waals surface area (Å²) in [7, 11) is 1.99. The molecule has 4 nitrogen and oxygen atoms in total. The van der Waals surface area contributed by atoms with Crippen LogP contribution in [0.4, 0.5) is 0 Å². The highest BCUT2D eigenvalue weighted by molar-refractivity contribution is 5.00. The minimum Gasteiger partial charge on any atom is -0.393 e. The van der Waals surface area contributed by atoms with Crippen LogP contribution in [0.2, 0.25) is 0 Å². The van der Waals surface area contributed by atoms with Crippen molar-refractivity contribution in [3.05, 3.63) is 18.0 Å². The summed E-state index contributed by atoms with van der Waals surface area (Å²) in [4.78, 5) is 2.47. The van der Waals surface area contributed by atoms with E-state index in [9.17, 15) is 5.11 Å². The molecule has 2 rings (SSSR count). The average molecular weight is 237 g/mol. The van der Waals surface area contributed by atoms with E-state index in [2.05, 4.69) is 23.0 Å². The van der Waals surface area contributed by atoms with Crippen molar-refractivity contribution in [2.24, 2.45) is 13.0 Å². The number of hydrogen-bond acceptors (Lipinski definition) is 3. The lowest BCUT2D eigenvalue weighted by molar-refractivity contribution is 0.0255. The molecule has 1 fully saturated rings. The van der Waals surface area contributed by atoms with E-state index in [0.29, 0.717) is 5.92 Å². The molecule has 0 radical (unpaired) electrons. The van der Waals surface area contributed by atoms with Crippen molar-refractivity contribution in [2.75, 3.05) is 19.6 Å². The molecule has 0 aromatic carbocycles. The standard InChI is InChI=1S/C13H23N3O/c1-3-11-10-16(9-6-13(11)17)8-5-12-4-7-14-15(12)2/h4,7,11,13,17H,3,5-6,8-10H2,1-2H3. The summed E-state index contributed by atoms with van der Waals surface area (Å²) in [5.74, 6) is 0.454. The Morgan fingerprint density at radius 3 is 3.00 bits per heavy atom. The molecule has 0 bridgehead atoms. The van der Waals surface area contributed by atoms with E-state index in [0.717, 1.165) is 38.9 Å². The van der Waals surface area contributed by atoms with E-state index in [1.165, 1.54) is 5.69 Å². The van der Waals surface area contributed by atoms with Crippen molar-refractivity contribution in [2.45, 2.75) is 32.3 Å². The molecular formula is C13H23N3O. The summed E-state index contributed by atoms with van der Waals surface area (Å²) in [6.07, 6.45) is 4.80. The maximum Gasteiger partial charge on any atom is 0.0592 e. The Morgan fingerprint density at radius 1 is 1.53 bits per heavy atom. The predicted octanol–water partition coefficient (Wildman–Crippen LogP) is 1.06. The number of rotatable bonds is 4. The number of likely N-dealkylation sites (tertiary alicyclic amines) is 1. The van der Waals surface area contributed by atoms with Gasteiger partial charge in [0.1, 0.15) is 0 Å². The second kappa shape index (κ2) is 5.65. The van der Waals surface area contributed by atoms with Crippen LogP contribution in [0.15, 0.2) is 12.3 Å². The topological polar surface area (TPSA) is 41.3 Å². The van der Waals surface area contributed by atoms with Gasteiger partial charge >= 0.3 is 0 Å². The Labute approximate surface area is 103 Å². The zero-order valence-corrected chi connectivity index (χ0v) is 10.8. The maximum absolute atomic E-state index is 9.84. The zero-order valence-electron chi connectivity index (χ0n) is 10.8. The van der Waals surface area contributed by atoms with Gasteiger partial charge in [-0.25, -0.2) is 0 Å². The molecule has 1 aliphatic heterocycles. The Hall–Kier alpha value is -0.870. The lowest BCUT2D eigenvalue weighted by atomic mass is 9.92. The van der Waals surface area contributed by atoms with Crippen molar-refractivity contribution in [3.63, 3.8) is 0 Å². The van der Waals surface area contributed by atoms with E-state index in [1.807, 2.05) is 17.9 Å². The number of nitrogens with zero attached hydrogens (tertiary/aromatic N) is 3. The maximum atomic E-state index is 9.84. The molecule has 1 N–H and O–H groups in total. The van der Waals surface area contributed by atoms with Crippen LogP contribution in [0.5, 0.6) is 0 Å². The van der Waals surface area contributed by atoms with Gasteiger partial charge in [-0.2, -0.15) is 5.10 Å². The molecule has 4 heteroatoms. The van der Waals surface area contributed by atoms with E-state index in [4.69, 9.17) is 0 Å². The molecule has 0 spiro atoms. The third-order valence-electron chi connectivity index (χ3n) is 3.91. The highest BCUT2D eigenvalue weighted by Gasteiger charge is 2.25. The van der Waals surface area contributed by atoms with Crippen molar-refractivity contribution in [1.29, 1.82) is 0 Å². The van der Waals surface area contributed by atoms with Gasteiger partial charge in [-0.05, 0) is 24.8 Å². The van der Waals surface area contributed by atoms with Gasteiger partial charge in [0.25, 0.3) is 0 Å². The Balaban J connectivity index is 1.82. The summed E-state index contributed by atoms with van der Waals surface area (Å²) in [5, 5.41) is 14.0. The Bertz CT molecular complexity index is 350. The van der Waals surface area contributed by atoms with Crippen LogP contribution in [0, 0.1) is 5.92 Å². The third-order valence-corrected chi connectivity index (χ3v) is 3.91. The molecule has 2 atom stereocenters. The minimum atomic E-state index is -0.0899. The SMILES string of the molecule is CCC1CN(CCc2ccnn2C)CCC1O. The lowest BCUT2D eigenvalue weighted by Crippen LogP contribution is -2.43. The van der Waals surface area contributed by atoms with E-state index >= 15 is 0 Å². The largest absolute Gasteiger partial charge is 0.393 e. The third kappa shape index (κ3) is 3.07. The fourth-order valence-electron chi connectivity index (χ4n) is 2.62. The van der Waals surface area contributed by atoms with Crippen molar-refractivity contribution >= 4 is 0 Å². The van der Waals surface area contributed by atoms with Crippen LogP contribution in [0.1, 0.15) is 25.5 Å². The molecule has 17 heavy (non-hydrogen) atoms. The molecule has 0 amide bonds. The van der Waals surface area contributed by atoms with Crippen LogP contribution in [0.3, 0.4) is 0 Å². The van der Waals surface area contributed by atoms with Crippen LogP contribution in [0.25, 0.3) is 0 Å². The lowest BCUT2D eigenvalue weighted by Gasteiger charge is -2.35. The van der Waals surface area contributed by atoms with Crippen LogP contribution < -0.4 is 0 Å². The smallest absolute Gasteiger partial charge is 0.0592 e. The summed E-state index contributed by atoms with van der Waals surface area (Å²) in [6, 6.07) is 2.08. The molecule has 1 aliphatic rings. The second-order valence-electron chi connectivity index (χ2n) is 5.02. The number of piperidine rings is 1. The quantitative estimate of drug-likeness (QED) is 0.851. The van der Waals surface area contributed by atoms with Gasteiger partial charge in [0.2, 0.25) is 0 Å². The number of aromatic nitrogens is 2. The predicted molar refractivity (Wildman–Crippen MR) is 67.8 cm³/mol. The number of aliphatic hydroxyl groups excluding tert-OH is 1. The van der Waals surface area contributed by atoms with Gasteiger partial charge in [-0.3, -0.25) is 4.68 Å². The van der Waals surface area contributed by atoms with Crippen molar-refractivity contribution in [1.82, 2.24) is 14.7 Å². The molecule has 2 unspecified atom stereocenters. The van der Waals surface area contributed by atoms with Gasteiger partial charge < -0.3 is 10.0 Å². The van der Waals surface area contributed by atoms with Crippen LogP contribution in [-0.4, -0.2) is 45.5 Å². The monoisotopic (exact) mass is 237 g/mol. The summed E-state index contributed by atoms with van der Waals surface area (Å²) < 4.78 is 1.94. The molecule has 0 saturated carbocycles. The Kier molecular flexibility index (Phi) is 4.18. The molecule has 1 saturated heterocycles. The summed E-state index contributed by atoms with van der Waals surface area (Å²) in [6.45, 7) is 5.30. The normalized spacial score (nSPS) is 26.3. The van der Waals surface area contributed by atoms with Crippen molar-refractivity contribution in [3.8, 4) is 0 Å². The van der Waals surface area contributed by atoms with Gasteiger partial charge in [-0.15, -0.1) is 0 Å². The molecule has 1 aromatic heterocycles. The number of aliphatic hydroxyl groups is 1. The van der Waals surface area contributed by atoms with E-state index in [-0.39, 0.29) is 6.10 Å². The van der Waals surface area contributed by atoms with Crippen LogP contribution in [-0.2, 0) is 13.5 Å². The molecular weight excluding hydrogens is 214 g/mol. The molecule has 2 heterocycles. The Morgan fingerprint density at radius 2 is 2.35 bits per heavy atom. The van der Waals surface area contributed by atoms with Gasteiger partial charge in [0.15, 0.2) is 0 Å². The number of hydrogen-bond donors (Lipinski definition) is 1. The summed E-state index contributed by atoms with van der Waals surface area (Å²) >= 11 is 0. The van der Waals surface area contributed by atoms with Crippen LogP contribution >= 0.6 is 0 Å². The molecule has 1 aromatic rings. The van der Waals surface area contributed by atoms with Gasteiger partial charge in [0.05, 0.1) is 6.10 Å². The fraction of sp³-hybridized carbons (Fsp3) is 0.769. The minimum absolute atomic E-state index is 0.0899. The van der Waals surface area contributed by atoms with Gasteiger partial charge in [0, 0.05) is 45.0 Å². The number of aryl methyl sites for hydroxylation is 1. The average Bonchev–Trinajstić information content (AvgIpc) is 2.74. The highest BCUT2D eigenvalue weighted by atomic mass is 16.3. The first-order valence-corrected chi connectivity index (χ1v) is 6.58. The van der Waals surface area contributed by atoms with E-state index in [1.54, 1.807) is 0 Å².